The topological polar surface area (TPSA) is 64.5 Å². The molecule has 0 N–H and O–H groups in total. The molecule has 0 fully saturated rings. The van der Waals surface area contributed by atoms with E-state index in [1.807, 2.05) is 54.7 Å². The summed E-state index contributed by atoms with van der Waals surface area (Å²) in [5, 5.41) is 2.17. The first-order chi connectivity index (χ1) is 22.8. The van der Waals surface area contributed by atoms with Crippen molar-refractivity contribution in [2.75, 3.05) is 0 Å². The first-order valence-corrected chi connectivity index (χ1v) is 15.2. The standard InChI is InChI=1S/C41H27N5/c1-3-9-28(10-4-1)29-15-17-32(18-16-29)40-44-39(31-11-5-2-6-12-31)45-41(46-40)37-21-20-34(35-13-7-8-14-36(35)37)33-19-22-38(43-27-33)30-23-25-42-26-24-30/h1-27H. The van der Waals surface area contributed by atoms with Crippen molar-refractivity contribution in [3.8, 4) is 67.7 Å². The van der Waals surface area contributed by atoms with E-state index in [0.29, 0.717) is 17.5 Å². The van der Waals surface area contributed by atoms with E-state index in [1.54, 1.807) is 12.4 Å². The summed E-state index contributed by atoms with van der Waals surface area (Å²) >= 11 is 0. The summed E-state index contributed by atoms with van der Waals surface area (Å²) < 4.78 is 0. The lowest BCUT2D eigenvalue weighted by atomic mass is 9.95. The monoisotopic (exact) mass is 589 g/mol. The third-order valence-electron chi connectivity index (χ3n) is 8.13. The minimum absolute atomic E-state index is 0.630. The fraction of sp³-hybridized carbons (Fsp3) is 0. The van der Waals surface area contributed by atoms with Crippen LogP contribution in [0.25, 0.3) is 78.4 Å². The second kappa shape index (κ2) is 12.0. The predicted octanol–water partition coefficient (Wildman–Crippen LogP) is 9.82. The Morgan fingerprint density at radius 2 is 0.826 bits per heavy atom. The van der Waals surface area contributed by atoms with E-state index >= 15 is 0 Å². The number of benzene rings is 5. The lowest BCUT2D eigenvalue weighted by Crippen LogP contribution is -2.00. The SMILES string of the molecule is c1ccc(-c2ccc(-c3nc(-c4ccccc4)nc(-c4ccc(-c5ccc(-c6ccncc6)nc5)c5ccccc45)n3)cc2)cc1. The fourth-order valence-electron chi connectivity index (χ4n) is 5.78. The molecule has 0 aliphatic carbocycles. The van der Waals surface area contributed by atoms with E-state index in [2.05, 4.69) is 102 Å². The summed E-state index contributed by atoms with van der Waals surface area (Å²) in [6.07, 6.45) is 5.50. The van der Waals surface area contributed by atoms with Gasteiger partial charge in [0, 0.05) is 46.4 Å². The second-order valence-electron chi connectivity index (χ2n) is 11.0. The molecule has 0 bridgehead atoms. The first-order valence-electron chi connectivity index (χ1n) is 15.2. The van der Waals surface area contributed by atoms with Crippen molar-refractivity contribution in [3.63, 3.8) is 0 Å². The largest absolute Gasteiger partial charge is 0.265 e. The van der Waals surface area contributed by atoms with Crippen LogP contribution in [-0.4, -0.2) is 24.9 Å². The van der Waals surface area contributed by atoms with Gasteiger partial charge in [0.05, 0.1) is 5.69 Å². The molecule has 0 saturated heterocycles. The molecule has 0 aliphatic rings. The molecule has 216 valence electrons. The fourth-order valence-corrected chi connectivity index (χ4v) is 5.78. The zero-order valence-electron chi connectivity index (χ0n) is 24.8. The smallest absolute Gasteiger partial charge is 0.164 e. The first kappa shape index (κ1) is 27.2. The van der Waals surface area contributed by atoms with Crippen LogP contribution in [-0.2, 0) is 0 Å². The number of hydrogen-bond acceptors (Lipinski definition) is 5. The van der Waals surface area contributed by atoms with Crippen LogP contribution < -0.4 is 0 Å². The maximum atomic E-state index is 5.06. The number of pyridine rings is 2. The highest BCUT2D eigenvalue weighted by molar-refractivity contribution is 6.04. The molecule has 46 heavy (non-hydrogen) atoms. The van der Waals surface area contributed by atoms with Crippen LogP contribution in [0.1, 0.15) is 0 Å². The van der Waals surface area contributed by atoms with E-state index < -0.39 is 0 Å². The zero-order chi connectivity index (χ0) is 30.7. The van der Waals surface area contributed by atoms with E-state index in [9.17, 15) is 0 Å². The Labute approximate surface area is 267 Å². The van der Waals surface area contributed by atoms with Gasteiger partial charge in [0.1, 0.15) is 0 Å². The minimum atomic E-state index is 0.630. The molecule has 0 unspecified atom stereocenters. The van der Waals surface area contributed by atoms with Gasteiger partial charge in [-0.2, -0.15) is 0 Å². The summed E-state index contributed by atoms with van der Waals surface area (Å²) in [6.45, 7) is 0. The molecule has 8 rings (SSSR count). The number of rotatable bonds is 6. The molecule has 5 aromatic carbocycles. The maximum Gasteiger partial charge on any atom is 0.164 e. The summed E-state index contributed by atoms with van der Waals surface area (Å²) in [7, 11) is 0. The van der Waals surface area contributed by atoms with Gasteiger partial charge in [0.25, 0.3) is 0 Å². The number of fused-ring (bicyclic) bond motifs is 1. The molecule has 0 atom stereocenters. The van der Waals surface area contributed by atoms with Crippen LogP contribution in [0.5, 0.6) is 0 Å². The third-order valence-corrected chi connectivity index (χ3v) is 8.13. The third kappa shape index (κ3) is 5.31. The van der Waals surface area contributed by atoms with E-state index in [4.69, 9.17) is 19.9 Å². The Bertz CT molecular complexity index is 2270. The van der Waals surface area contributed by atoms with E-state index in [-0.39, 0.29) is 0 Å². The molecule has 5 nitrogen and oxygen atoms in total. The van der Waals surface area contributed by atoms with Crippen molar-refractivity contribution in [2.24, 2.45) is 0 Å². The van der Waals surface area contributed by atoms with Crippen molar-refractivity contribution in [1.82, 2.24) is 24.9 Å². The van der Waals surface area contributed by atoms with E-state index in [1.165, 1.54) is 5.56 Å². The van der Waals surface area contributed by atoms with Gasteiger partial charge >= 0.3 is 0 Å². The molecule has 0 saturated carbocycles. The Morgan fingerprint density at radius 3 is 1.48 bits per heavy atom. The maximum absolute atomic E-state index is 5.06. The lowest BCUT2D eigenvalue weighted by Gasteiger charge is -2.13. The highest BCUT2D eigenvalue weighted by Crippen LogP contribution is 2.36. The Morgan fingerprint density at radius 1 is 0.326 bits per heavy atom. The average molecular weight is 590 g/mol. The summed E-state index contributed by atoms with van der Waals surface area (Å²) in [5.41, 5.74) is 9.23. The lowest BCUT2D eigenvalue weighted by molar-refractivity contribution is 1.08. The molecule has 5 heteroatoms. The summed E-state index contributed by atoms with van der Waals surface area (Å²) in [4.78, 5) is 23.9. The predicted molar refractivity (Wildman–Crippen MR) is 186 cm³/mol. The molecule has 8 aromatic rings. The molecule has 0 radical (unpaired) electrons. The summed E-state index contributed by atoms with van der Waals surface area (Å²) in [6, 6.07) is 49.6. The Balaban J connectivity index is 1.24. The number of hydrogen-bond donors (Lipinski definition) is 0. The van der Waals surface area contributed by atoms with Crippen molar-refractivity contribution in [3.05, 3.63) is 164 Å². The highest BCUT2D eigenvalue weighted by Gasteiger charge is 2.16. The highest BCUT2D eigenvalue weighted by atomic mass is 15.0. The van der Waals surface area contributed by atoms with Gasteiger partial charge in [-0.25, -0.2) is 15.0 Å². The Kier molecular flexibility index (Phi) is 7.09. The molecule has 3 heterocycles. The van der Waals surface area contributed by atoms with Gasteiger partial charge < -0.3 is 0 Å². The van der Waals surface area contributed by atoms with E-state index in [0.717, 1.165) is 55.4 Å². The number of aromatic nitrogens is 5. The van der Waals surface area contributed by atoms with Crippen LogP contribution in [0.2, 0.25) is 0 Å². The van der Waals surface area contributed by atoms with Crippen LogP contribution in [0.3, 0.4) is 0 Å². The van der Waals surface area contributed by atoms with Gasteiger partial charge in [0.2, 0.25) is 0 Å². The van der Waals surface area contributed by atoms with Crippen LogP contribution in [0.15, 0.2) is 164 Å². The molecule has 0 aliphatic heterocycles. The molecular formula is C41H27N5. The molecular weight excluding hydrogens is 562 g/mol. The number of nitrogens with zero attached hydrogens (tertiary/aromatic N) is 5. The quantitative estimate of drug-likeness (QED) is 0.193. The average Bonchev–Trinajstić information content (AvgIpc) is 3.15. The molecule has 0 amide bonds. The molecule has 3 aromatic heterocycles. The van der Waals surface area contributed by atoms with Crippen molar-refractivity contribution in [1.29, 1.82) is 0 Å². The second-order valence-corrected chi connectivity index (χ2v) is 11.0. The van der Waals surface area contributed by atoms with Crippen LogP contribution in [0.4, 0.5) is 0 Å². The normalized spacial score (nSPS) is 11.0. The Hall–Kier alpha value is -6.33. The molecule has 0 spiro atoms. The minimum Gasteiger partial charge on any atom is -0.265 e. The van der Waals surface area contributed by atoms with Gasteiger partial charge in [-0.3, -0.25) is 9.97 Å². The van der Waals surface area contributed by atoms with Crippen molar-refractivity contribution in [2.45, 2.75) is 0 Å². The van der Waals surface area contributed by atoms with Crippen LogP contribution >= 0.6 is 0 Å². The summed E-state index contributed by atoms with van der Waals surface area (Å²) in [5.74, 6) is 1.90. The zero-order valence-corrected chi connectivity index (χ0v) is 24.8. The van der Waals surface area contributed by atoms with Gasteiger partial charge in [-0.1, -0.05) is 121 Å². The van der Waals surface area contributed by atoms with Crippen LogP contribution in [0, 0.1) is 0 Å². The van der Waals surface area contributed by atoms with Gasteiger partial charge in [0.15, 0.2) is 17.5 Å². The van der Waals surface area contributed by atoms with Gasteiger partial charge in [-0.15, -0.1) is 0 Å². The van der Waals surface area contributed by atoms with Gasteiger partial charge in [-0.05, 0) is 51.7 Å². The van der Waals surface area contributed by atoms with Crippen molar-refractivity contribution < 1.29 is 0 Å². The van der Waals surface area contributed by atoms with Crippen molar-refractivity contribution >= 4 is 10.8 Å².